The van der Waals surface area contributed by atoms with Gasteiger partial charge in [0.15, 0.2) is 0 Å². The van der Waals surface area contributed by atoms with Gasteiger partial charge in [0.2, 0.25) is 5.91 Å². The molecule has 1 amide bonds. The molecule has 0 radical (unpaired) electrons. The van der Waals surface area contributed by atoms with Gasteiger partial charge in [-0.2, -0.15) is 0 Å². The molecule has 0 aromatic carbocycles. The van der Waals surface area contributed by atoms with Crippen molar-refractivity contribution in [2.24, 2.45) is 11.8 Å². The van der Waals surface area contributed by atoms with E-state index >= 15 is 0 Å². The summed E-state index contributed by atoms with van der Waals surface area (Å²) < 4.78 is 0. The minimum Gasteiger partial charge on any atom is -0.479 e. The molecule has 2 N–H and O–H groups in total. The van der Waals surface area contributed by atoms with Crippen molar-refractivity contribution in [3.8, 4) is 0 Å². The molecule has 20 heavy (non-hydrogen) atoms. The maximum absolute atomic E-state index is 12.5. The molecule has 2 fully saturated rings. The first kappa shape index (κ1) is 15.3. The molecular weight excluding hydrogens is 254 g/mol. The molecule has 114 valence electrons. The van der Waals surface area contributed by atoms with Crippen LogP contribution in [0.4, 0.5) is 0 Å². The Hall–Kier alpha value is -1.06. The third-order valence-electron chi connectivity index (χ3n) is 5.25. The van der Waals surface area contributed by atoms with Gasteiger partial charge in [-0.1, -0.05) is 45.4 Å². The van der Waals surface area contributed by atoms with Crippen LogP contribution in [-0.2, 0) is 9.59 Å². The van der Waals surface area contributed by atoms with Crippen molar-refractivity contribution in [3.05, 3.63) is 0 Å². The van der Waals surface area contributed by atoms with Crippen LogP contribution >= 0.6 is 0 Å². The highest BCUT2D eigenvalue weighted by atomic mass is 16.4. The summed E-state index contributed by atoms with van der Waals surface area (Å²) >= 11 is 0. The topological polar surface area (TPSA) is 66.4 Å². The zero-order valence-electron chi connectivity index (χ0n) is 12.5. The Morgan fingerprint density at radius 2 is 1.60 bits per heavy atom. The lowest BCUT2D eigenvalue weighted by atomic mass is 9.73. The summed E-state index contributed by atoms with van der Waals surface area (Å²) in [4.78, 5) is 24.3. The van der Waals surface area contributed by atoms with Crippen molar-refractivity contribution in [2.45, 2.75) is 76.7 Å². The van der Waals surface area contributed by atoms with E-state index in [0.29, 0.717) is 6.42 Å². The van der Waals surface area contributed by atoms with Crippen LogP contribution in [0.5, 0.6) is 0 Å². The molecule has 0 spiro atoms. The summed E-state index contributed by atoms with van der Waals surface area (Å²) in [5.74, 6) is -0.846. The molecule has 0 heterocycles. The van der Waals surface area contributed by atoms with E-state index in [2.05, 4.69) is 5.32 Å². The molecule has 2 aliphatic rings. The van der Waals surface area contributed by atoms with Crippen LogP contribution < -0.4 is 5.32 Å². The Morgan fingerprint density at radius 3 is 2.15 bits per heavy atom. The predicted molar refractivity (Wildman–Crippen MR) is 77.3 cm³/mol. The summed E-state index contributed by atoms with van der Waals surface area (Å²) in [6, 6.07) is 0. The van der Waals surface area contributed by atoms with Gasteiger partial charge in [-0.3, -0.25) is 4.79 Å². The van der Waals surface area contributed by atoms with E-state index < -0.39 is 11.5 Å². The normalized spacial score (nSPS) is 32.4. The van der Waals surface area contributed by atoms with Gasteiger partial charge >= 0.3 is 5.97 Å². The smallest absolute Gasteiger partial charge is 0.329 e. The molecule has 4 nitrogen and oxygen atoms in total. The molecule has 0 aromatic rings. The molecule has 2 rings (SSSR count). The largest absolute Gasteiger partial charge is 0.479 e. The van der Waals surface area contributed by atoms with Gasteiger partial charge in [0, 0.05) is 5.92 Å². The Balaban J connectivity index is 2.07. The van der Waals surface area contributed by atoms with Crippen molar-refractivity contribution in [3.63, 3.8) is 0 Å². The van der Waals surface area contributed by atoms with Gasteiger partial charge in [-0.25, -0.2) is 4.79 Å². The van der Waals surface area contributed by atoms with Gasteiger partial charge in [0.05, 0.1) is 0 Å². The minimum absolute atomic E-state index is 0.0165. The lowest BCUT2D eigenvalue weighted by Crippen LogP contribution is -2.61. The predicted octanol–water partition coefficient (Wildman–Crippen LogP) is 3.11. The Morgan fingerprint density at radius 1 is 1.00 bits per heavy atom. The summed E-state index contributed by atoms with van der Waals surface area (Å²) in [5.41, 5.74) is -1.03. The summed E-state index contributed by atoms with van der Waals surface area (Å²) in [6.45, 7) is 1.96. The molecular formula is C16H27NO3. The molecule has 0 bridgehead atoms. The number of amides is 1. The van der Waals surface area contributed by atoms with E-state index in [1.807, 2.05) is 6.92 Å². The third-order valence-corrected chi connectivity index (χ3v) is 5.25. The molecule has 0 saturated heterocycles. The van der Waals surface area contributed by atoms with Crippen molar-refractivity contribution >= 4 is 11.9 Å². The number of aliphatic carboxylic acids is 1. The van der Waals surface area contributed by atoms with E-state index in [4.69, 9.17) is 0 Å². The van der Waals surface area contributed by atoms with Crippen molar-refractivity contribution in [1.82, 2.24) is 5.32 Å². The standard InChI is InChI=1S/C16H27NO3/c1-12-8-6-7-11-16(12,15(19)20)17-14(18)13-9-4-2-3-5-10-13/h12-13H,2-11H2,1H3,(H,17,18)(H,19,20). The Kier molecular flexibility index (Phi) is 5.06. The molecule has 2 aliphatic carbocycles. The number of nitrogens with one attached hydrogen (secondary N) is 1. The second-order valence-electron chi connectivity index (χ2n) is 6.60. The van der Waals surface area contributed by atoms with E-state index in [1.165, 1.54) is 12.8 Å². The lowest BCUT2D eigenvalue weighted by molar-refractivity contribution is -0.152. The fourth-order valence-electron chi connectivity index (χ4n) is 3.77. The van der Waals surface area contributed by atoms with Crippen LogP contribution in [-0.4, -0.2) is 22.5 Å². The van der Waals surface area contributed by atoms with Crippen molar-refractivity contribution in [2.75, 3.05) is 0 Å². The van der Waals surface area contributed by atoms with Crippen LogP contribution in [0.2, 0.25) is 0 Å². The summed E-state index contributed by atoms with van der Waals surface area (Å²) in [6.07, 6.45) is 9.82. The molecule has 4 heteroatoms. The van der Waals surface area contributed by atoms with Gasteiger partial charge in [0.25, 0.3) is 0 Å². The number of carbonyl (C=O) groups is 2. The van der Waals surface area contributed by atoms with Gasteiger partial charge in [0.1, 0.15) is 5.54 Å². The number of carboxylic acids is 1. The van der Waals surface area contributed by atoms with Crippen LogP contribution in [0.1, 0.15) is 71.1 Å². The molecule has 2 saturated carbocycles. The highest BCUT2D eigenvalue weighted by Gasteiger charge is 2.46. The fourth-order valence-corrected chi connectivity index (χ4v) is 3.77. The van der Waals surface area contributed by atoms with E-state index in [9.17, 15) is 14.7 Å². The van der Waals surface area contributed by atoms with E-state index in [0.717, 1.165) is 44.9 Å². The first-order chi connectivity index (χ1) is 9.56. The third kappa shape index (κ3) is 3.15. The minimum atomic E-state index is -1.03. The van der Waals surface area contributed by atoms with Crippen LogP contribution in [0, 0.1) is 11.8 Å². The maximum atomic E-state index is 12.5. The Bertz CT molecular complexity index is 361. The SMILES string of the molecule is CC1CCCCC1(NC(=O)C1CCCCCC1)C(=O)O. The average molecular weight is 281 g/mol. The van der Waals surface area contributed by atoms with Gasteiger partial charge < -0.3 is 10.4 Å². The second-order valence-corrected chi connectivity index (χ2v) is 6.60. The van der Waals surface area contributed by atoms with Crippen LogP contribution in [0.3, 0.4) is 0 Å². The first-order valence-electron chi connectivity index (χ1n) is 8.11. The first-order valence-corrected chi connectivity index (χ1v) is 8.11. The van der Waals surface area contributed by atoms with Crippen molar-refractivity contribution < 1.29 is 14.7 Å². The zero-order valence-corrected chi connectivity index (χ0v) is 12.5. The Labute approximate surface area is 121 Å². The lowest BCUT2D eigenvalue weighted by Gasteiger charge is -2.40. The van der Waals surface area contributed by atoms with E-state index in [1.54, 1.807) is 0 Å². The molecule has 2 unspecified atom stereocenters. The number of hydrogen-bond acceptors (Lipinski definition) is 2. The number of carboxylic acid groups (broad SMARTS) is 1. The van der Waals surface area contributed by atoms with E-state index in [-0.39, 0.29) is 17.7 Å². The van der Waals surface area contributed by atoms with Gasteiger partial charge in [-0.05, 0) is 31.6 Å². The zero-order chi connectivity index (χ0) is 14.6. The number of hydrogen-bond donors (Lipinski definition) is 2. The van der Waals surface area contributed by atoms with Crippen LogP contribution in [0.15, 0.2) is 0 Å². The summed E-state index contributed by atoms with van der Waals surface area (Å²) in [7, 11) is 0. The molecule has 0 aromatic heterocycles. The number of carbonyl (C=O) groups excluding carboxylic acids is 1. The fraction of sp³-hybridized carbons (Fsp3) is 0.875. The average Bonchev–Trinajstić information content (AvgIpc) is 2.70. The highest BCUT2D eigenvalue weighted by Crippen LogP contribution is 2.35. The second kappa shape index (κ2) is 6.59. The quantitative estimate of drug-likeness (QED) is 0.781. The number of rotatable bonds is 3. The molecule has 0 aliphatic heterocycles. The summed E-state index contributed by atoms with van der Waals surface area (Å²) in [5, 5.41) is 12.6. The van der Waals surface area contributed by atoms with Gasteiger partial charge in [-0.15, -0.1) is 0 Å². The molecule has 2 atom stereocenters. The maximum Gasteiger partial charge on any atom is 0.329 e. The monoisotopic (exact) mass is 281 g/mol. The van der Waals surface area contributed by atoms with Crippen LogP contribution in [0.25, 0.3) is 0 Å². The van der Waals surface area contributed by atoms with Crippen molar-refractivity contribution in [1.29, 1.82) is 0 Å². The highest BCUT2D eigenvalue weighted by molar-refractivity contribution is 5.88.